The molecule has 0 N–H and O–H groups in total. The Morgan fingerprint density at radius 2 is 1.68 bits per heavy atom. The van der Waals surface area contributed by atoms with Crippen molar-refractivity contribution < 1.29 is 22.0 Å². The minimum atomic E-state index is -4.65. The molecule has 1 aromatic heterocycles. The molecule has 7 heteroatoms. The maximum Gasteiger partial charge on any atom is 0.416 e. The average molecular weight is 294 g/mol. The van der Waals surface area contributed by atoms with Crippen molar-refractivity contribution in [2.24, 2.45) is 0 Å². The van der Waals surface area contributed by atoms with Crippen LogP contribution in [0.25, 0.3) is 11.3 Å². The van der Waals surface area contributed by atoms with Gasteiger partial charge in [0.2, 0.25) is 0 Å². The monoisotopic (exact) mass is 293 g/mol. The minimum Gasteiger partial charge on any atom is -0.236 e. The van der Waals surface area contributed by atoms with Gasteiger partial charge in [-0.2, -0.15) is 13.2 Å². The van der Waals surface area contributed by atoms with E-state index < -0.39 is 28.5 Å². The maximum absolute atomic E-state index is 13.5. The van der Waals surface area contributed by atoms with Gasteiger partial charge in [0.15, 0.2) is 0 Å². The first-order chi connectivity index (χ1) is 8.77. The number of benzene rings is 1. The van der Waals surface area contributed by atoms with Crippen molar-refractivity contribution >= 4 is 11.6 Å². The minimum absolute atomic E-state index is 0.378. The van der Waals surface area contributed by atoms with Crippen molar-refractivity contribution in [1.29, 1.82) is 0 Å². The molecule has 19 heavy (non-hydrogen) atoms. The van der Waals surface area contributed by atoms with Crippen LogP contribution in [0.15, 0.2) is 30.3 Å². The molecule has 0 aliphatic carbocycles. The van der Waals surface area contributed by atoms with Crippen LogP contribution in [0.1, 0.15) is 5.56 Å². The SMILES string of the molecule is Fc1ccc(F)c(-c2cc(C(F)(F)F)cc(Cl)n2)c1. The van der Waals surface area contributed by atoms with E-state index in [9.17, 15) is 22.0 Å². The molecule has 0 atom stereocenters. The Kier molecular flexibility index (Phi) is 3.45. The molecule has 0 aliphatic heterocycles. The quantitative estimate of drug-likeness (QED) is 0.548. The van der Waals surface area contributed by atoms with E-state index in [2.05, 4.69) is 4.98 Å². The van der Waals surface area contributed by atoms with Crippen LogP contribution in [0.5, 0.6) is 0 Å². The van der Waals surface area contributed by atoms with Gasteiger partial charge in [0.25, 0.3) is 0 Å². The maximum atomic E-state index is 13.5. The number of hydrogen-bond donors (Lipinski definition) is 0. The average Bonchev–Trinajstić information content (AvgIpc) is 2.30. The van der Waals surface area contributed by atoms with Gasteiger partial charge in [0.05, 0.1) is 11.3 Å². The molecular weight excluding hydrogens is 289 g/mol. The molecule has 2 aromatic rings. The van der Waals surface area contributed by atoms with E-state index in [0.29, 0.717) is 12.1 Å². The predicted molar refractivity (Wildman–Crippen MR) is 59.6 cm³/mol. The van der Waals surface area contributed by atoms with Crippen LogP contribution in [-0.4, -0.2) is 4.98 Å². The van der Waals surface area contributed by atoms with E-state index >= 15 is 0 Å². The molecule has 0 fully saturated rings. The van der Waals surface area contributed by atoms with Gasteiger partial charge < -0.3 is 0 Å². The number of rotatable bonds is 1. The Labute approximate surface area is 109 Å². The van der Waals surface area contributed by atoms with Gasteiger partial charge in [-0.25, -0.2) is 13.8 Å². The summed E-state index contributed by atoms with van der Waals surface area (Å²) >= 11 is 5.47. The van der Waals surface area contributed by atoms with E-state index in [-0.39, 0.29) is 11.3 Å². The topological polar surface area (TPSA) is 12.9 Å². The van der Waals surface area contributed by atoms with Crippen molar-refractivity contribution in [1.82, 2.24) is 4.98 Å². The molecule has 0 aliphatic rings. The van der Waals surface area contributed by atoms with E-state index in [0.717, 1.165) is 18.2 Å². The number of nitrogens with zero attached hydrogens (tertiary/aromatic N) is 1. The van der Waals surface area contributed by atoms with Crippen LogP contribution in [-0.2, 0) is 6.18 Å². The normalized spacial score (nSPS) is 11.7. The lowest BCUT2D eigenvalue weighted by Gasteiger charge is -2.10. The zero-order valence-corrected chi connectivity index (χ0v) is 9.86. The van der Waals surface area contributed by atoms with Crippen LogP contribution in [0.2, 0.25) is 5.15 Å². The summed E-state index contributed by atoms with van der Waals surface area (Å²) in [4.78, 5) is 3.58. The molecule has 1 aromatic carbocycles. The van der Waals surface area contributed by atoms with Crippen molar-refractivity contribution in [3.8, 4) is 11.3 Å². The van der Waals surface area contributed by atoms with Gasteiger partial charge in [0, 0.05) is 5.56 Å². The summed E-state index contributed by atoms with van der Waals surface area (Å²) in [6.45, 7) is 0. The third-order valence-electron chi connectivity index (χ3n) is 2.33. The lowest BCUT2D eigenvalue weighted by atomic mass is 10.1. The molecule has 2 rings (SSSR count). The van der Waals surface area contributed by atoms with Crippen LogP contribution in [0, 0.1) is 11.6 Å². The highest BCUT2D eigenvalue weighted by Gasteiger charge is 2.31. The Bertz CT molecular complexity index is 624. The predicted octanol–water partition coefficient (Wildman–Crippen LogP) is 4.70. The number of pyridine rings is 1. The molecular formula is C12H5ClF5N. The number of aromatic nitrogens is 1. The molecule has 0 bridgehead atoms. The second kappa shape index (κ2) is 4.77. The van der Waals surface area contributed by atoms with Crippen LogP contribution >= 0.6 is 11.6 Å². The summed E-state index contributed by atoms with van der Waals surface area (Å²) in [5.41, 5.74) is -1.84. The molecule has 0 unspecified atom stereocenters. The van der Waals surface area contributed by atoms with Crippen LogP contribution in [0.3, 0.4) is 0 Å². The lowest BCUT2D eigenvalue weighted by Crippen LogP contribution is -2.06. The van der Waals surface area contributed by atoms with E-state index in [4.69, 9.17) is 11.6 Å². The summed E-state index contributed by atoms with van der Waals surface area (Å²) in [6, 6.07) is 3.65. The second-order valence-electron chi connectivity index (χ2n) is 3.69. The van der Waals surface area contributed by atoms with Gasteiger partial charge in [-0.05, 0) is 30.3 Å². The Morgan fingerprint density at radius 1 is 1.00 bits per heavy atom. The summed E-state index contributed by atoms with van der Waals surface area (Å²) in [6.07, 6.45) is -4.65. The third kappa shape index (κ3) is 3.01. The first-order valence-corrected chi connectivity index (χ1v) is 5.35. The van der Waals surface area contributed by atoms with Gasteiger partial charge in [0.1, 0.15) is 16.8 Å². The summed E-state index contributed by atoms with van der Waals surface area (Å²) < 4.78 is 64.3. The fourth-order valence-electron chi connectivity index (χ4n) is 1.49. The first kappa shape index (κ1) is 13.7. The van der Waals surface area contributed by atoms with Crippen LogP contribution < -0.4 is 0 Å². The fraction of sp³-hybridized carbons (Fsp3) is 0.0833. The molecule has 100 valence electrons. The molecule has 0 amide bonds. The highest BCUT2D eigenvalue weighted by molar-refractivity contribution is 6.29. The lowest BCUT2D eigenvalue weighted by molar-refractivity contribution is -0.137. The molecule has 0 saturated carbocycles. The molecule has 0 saturated heterocycles. The smallest absolute Gasteiger partial charge is 0.236 e. The Balaban J connectivity index is 2.63. The first-order valence-electron chi connectivity index (χ1n) is 4.97. The van der Waals surface area contributed by atoms with E-state index in [1.807, 2.05) is 0 Å². The summed E-state index contributed by atoms with van der Waals surface area (Å²) in [5, 5.41) is -0.450. The zero-order chi connectivity index (χ0) is 14.2. The van der Waals surface area contributed by atoms with Gasteiger partial charge in [-0.3, -0.25) is 0 Å². The highest BCUT2D eigenvalue weighted by atomic mass is 35.5. The van der Waals surface area contributed by atoms with Crippen molar-refractivity contribution in [2.75, 3.05) is 0 Å². The Morgan fingerprint density at radius 3 is 2.32 bits per heavy atom. The number of hydrogen-bond acceptors (Lipinski definition) is 1. The number of alkyl halides is 3. The third-order valence-corrected chi connectivity index (χ3v) is 2.52. The molecule has 1 heterocycles. The van der Waals surface area contributed by atoms with Crippen molar-refractivity contribution in [2.45, 2.75) is 6.18 Å². The van der Waals surface area contributed by atoms with Crippen LogP contribution in [0.4, 0.5) is 22.0 Å². The standard InChI is InChI=1S/C12H5ClF5N/c13-11-4-6(12(16,17)18)3-10(19-11)8-5-7(14)1-2-9(8)15/h1-5H. The summed E-state index contributed by atoms with van der Waals surface area (Å²) in [7, 11) is 0. The highest BCUT2D eigenvalue weighted by Crippen LogP contribution is 2.33. The van der Waals surface area contributed by atoms with Crippen molar-refractivity contribution in [3.63, 3.8) is 0 Å². The van der Waals surface area contributed by atoms with E-state index in [1.165, 1.54) is 0 Å². The molecule has 1 nitrogen and oxygen atoms in total. The molecule has 0 spiro atoms. The zero-order valence-electron chi connectivity index (χ0n) is 9.10. The summed E-state index contributed by atoms with van der Waals surface area (Å²) in [5.74, 6) is -1.67. The fourth-order valence-corrected chi connectivity index (χ4v) is 1.70. The number of halogens is 6. The molecule has 0 radical (unpaired) electrons. The second-order valence-corrected chi connectivity index (χ2v) is 4.07. The Hall–Kier alpha value is -1.69. The van der Waals surface area contributed by atoms with Gasteiger partial charge in [-0.15, -0.1) is 0 Å². The van der Waals surface area contributed by atoms with Gasteiger partial charge in [-0.1, -0.05) is 11.6 Å². The van der Waals surface area contributed by atoms with Gasteiger partial charge >= 0.3 is 6.18 Å². The largest absolute Gasteiger partial charge is 0.416 e. The van der Waals surface area contributed by atoms with Crippen molar-refractivity contribution in [3.05, 3.63) is 52.7 Å². The van der Waals surface area contributed by atoms with E-state index in [1.54, 1.807) is 0 Å².